The number of para-hydroxylation sites is 1. The monoisotopic (exact) mass is 587 g/mol. The second-order valence-corrected chi connectivity index (χ2v) is 11.7. The van der Waals surface area contributed by atoms with E-state index in [4.69, 9.17) is 19.2 Å². The van der Waals surface area contributed by atoms with Crippen LogP contribution in [0.4, 0.5) is 0 Å². The first-order valence-corrected chi connectivity index (χ1v) is 14.4. The Morgan fingerprint density at radius 3 is 2.67 bits per heavy atom. The summed E-state index contributed by atoms with van der Waals surface area (Å²) in [5, 5.41) is 14.8. The summed E-state index contributed by atoms with van der Waals surface area (Å²) >= 11 is 4.25. The molecule has 1 saturated carbocycles. The Kier molecular flexibility index (Phi) is 8.38. The molecule has 4 aromatic rings. The van der Waals surface area contributed by atoms with E-state index in [9.17, 15) is 14.9 Å². The second-order valence-electron chi connectivity index (χ2n) is 11.3. The van der Waals surface area contributed by atoms with Crippen molar-refractivity contribution < 1.29 is 19.0 Å². The van der Waals surface area contributed by atoms with Crippen LogP contribution in [0.15, 0.2) is 47.8 Å². The summed E-state index contributed by atoms with van der Waals surface area (Å²) in [5.41, 5.74) is 0.881. The number of nitrogens with zero attached hydrogens (tertiary/aromatic N) is 5. The minimum atomic E-state index is -0.767. The minimum absolute atomic E-state index is 0.0977. The molecular weight excluding hydrogens is 554 g/mol. The van der Waals surface area contributed by atoms with Crippen LogP contribution in [0, 0.1) is 17.2 Å². The third-order valence-corrected chi connectivity index (χ3v) is 6.94. The van der Waals surface area contributed by atoms with Crippen LogP contribution in [0.3, 0.4) is 0 Å². The summed E-state index contributed by atoms with van der Waals surface area (Å²) in [6.45, 7) is 10.4. The highest BCUT2D eigenvalue weighted by molar-refractivity contribution is 7.80. The maximum atomic E-state index is 13.4. The van der Waals surface area contributed by atoms with Crippen molar-refractivity contribution >= 4 is 46.1 Å². The molecule has 0 atom stereocenters. The Morgan fingerprint density at radius 2 is 1.98 bits per heavy atom. The summed E-state index contributed by atoms with van der Waals surface area (Å²) in [7, 11) is 0. The van der Waals surface area contributed by atoms with E-state index in [2.05, 4.69) is 30.4 Å². The van der Waals surface area contributed by atoms with E-state index in [1.807, 2.05) is 16.7 Å². The van der Waals surface area contributed by atoms with Gasteiger partial charge in [0.25, 0.3) is 0 Å². The number of imidazole rings is 1. The van der Waals surface area contributed by atoms with Crippen molar-refractivity contribution in [3.05, 3.63) is 70.3 Å². The molecule has 1 aliphatic rings. The molecule has 0 radical (unpaired) electrons. The van der Waals surface area contributed by atoms with Crippen LogP contribution in [0.2, 0.25) is 0 Å². The van der Waals surface area contributed by atoms with Gasteiger partial charge in [0.15, 0.2) is 0 Å². The highest BCUT2D eigenvalue weighted by Gasteiger charge is 2.25. The molecule has 11 heteroatoms. The van der Waals surface area contributed by atoms with E-state index < -0.39 is 17.0 Å². The van der Waals surface area contributed by atoms with Crippen molar-refractivity contribution in [3.63, 3.8) is 0 Å². The van der Waals surface area contributed by atoms with E-state index in [0.29, 0.717) is 58.4 Å². The molecule has 1 aliphatic carbocycles. The third kappa shape index (κ3) is 6.35. The van der Waals surface area contributed by atoms with Gasteiger partial charge in [-0.1, -0.05) is 18.7 Å². The van der Waals surface area contributed by atoms with E-state index in [1.165, 1.54) is 0 Å². The standard InChI is InChI=1S/C31H33N5O5S/c1-19(30(38)41-31(2,3)4)28-29(37)22-7-5-6-8-24(22)36(34-28)16-27-33-23-13-21(15-32)26(40-17-20-9-10-20)14-25(23)35(27)18-39-11-12-42/h5-8,13-14,20,42H,1,9-12,16-18H2,2-4H3. The first-order chi connectivity index (χ1) is 20.1. The maximum absolute atomic E-state index is 13.4. The SMILES string of the molecule is C=C(C(=O)OC(C)(C)C)c1nn(Cc2nc3cc(C#N)c(OCC4CC4)cc3n2COCCS)c2ccccc2c1=O. The fourth-order valence-corrected chi connectivity index (χ4v) is 4.64. The van der Waals surface area contributed by atoms with Gasteiger partial charge in [0.1, 0.15) is 35.7 Å². The van der Waals surface area contributed by atoms with E-state index in [-0.39, 0.29) is 24.5 Å². The summed E-state index contributed by atoms with van der Waals surface area (Å²) in [5.74, 6) is 1.42. The summed E-state index contributed by atoms with van der Waals surface area (Å²) in [6, 6.07) is 12.8. The van der Waals surface area contributed by atoms with Crippen LogP contribution in [0.25, 0.3) is 27.5 Å². The van der Waals surface area contributed by atoms with Crippen LogP contribution < -0.4 is 10.2 Å². The molecule has 0 saturated heterocycles. The summed E-state index contributed by atoms with van der Waals surface area (Å²) < 4.78 is 20.8. The van der Waals surface area contributed by atoms with Gasteiger partial charge in [0.2, 0.25) is 5.43 Å². The molecule has 10 nitrogen and oxygen atoms in total. The van der Waals surface area contributed by atoms with Crippen molar-refractivity contribution in [2.75, 3.05) is 19.0 Å². The lowest BCUT2D eigenvalue weighted by molar-refractivity contribution is -0.147. The molecule has 5 rings (SSSR count). The highest BCUT2D eigenvalue weighted by atomic mass is 32.1. The van der Waals surface area contributed by atoms with E-state index in [1.54, 1.807) is 49.7 Å². The van der Waals surface area contributed by atoms with Gasteiger partial charge in [-0.05, 0) is 57.7 Å². The average Bonchev–Trinajstić information content (AvgIpc) is 3.73. The molecule has 1 fully saturated rings. The van der Waals surface area contributed by atoms with Crippen LogP contribution in [-0.2, 0) is 27.5 Å². The fraction of sp³-hybridized carbons (Fsp3) is 0.387. The molecule has 0 spiro atoms. The molecule has 0 aliphatic heterocycles. The zero-order valence-corrected chi connectivity index (χ0v) is 24.8. The number of hydrogen-bond acceptors (Lipinski definition) is 9. The zero-order chi connectivity index (χ0) is 30.0. The number of rotatable bonds is 11. The van der Waals surface area contributed by atoms with E-state index >= 15 is 0 Å². The van der Waals surface area contributed by atoms with Crippen LogP contribution in [-0.4, -0.2) is 49.9 Å². The molecule has 42 heavy (non-hydrogen) atoms. The molecule has 2 aromatic carbocycles. The van der Waals surface area contributed by atoms with Crippen LogP contribution >= 0.6 is 12.6 Å². The van der Waals surface area contributed by atoms with Gasteiger partial charge in [-0.25, -0.2) is 9.78 Å². The Bertz CT molecular complexity index is 1780. The molecule has 0 amide bonds. The Labute approximate surface area is 248 Å². The van der Waals surface area contributed by atoms with Crippen molar-refractivity contribution in [2.45, 2.75) is 52.5 Å². The molecule has 0 bridgehead atoms. The number of carbonyl (C=O) groups excluding carboxylic acids is 1. The van der Waals surface area contributed by atoms with Crippen LogP contribution in [0.1, 0.15) is 50.7 Å². The lowest BCUT2D eigenvalue weighted by atomic mass is 10.1. The number of nitriles is 1. The number of aromatic nitrogens is 4. The number of thiol groups is 1. The molecule has 2 aromatic heterocycles. The quantitative estimate of drug-likeness (QED) is 0.116. The van der Waals surface area contributed by atoms with Crippen LogP contribution in [0.5, 0.6) is 5.75 Å². The number of fused-ring (bicyclic) bond motifs is 2. The van der Waals surface area contributed by atoms with Crippen molar-refractivity contribution in [3.8, 4) is 11.8 Å². The zero-order valence-electron chi connectivity index (χ0n) is 23.9. The molecule has 218 valence electrons. The summed E-state index contributed by atoms with van der Waals surface area (Å²) in [4.78, 5) is 31.1. The average molecular weight is 588 g/mol. The maximum Gasteiger partial charge on any atom is 0.340 e. The number of carbonyl (C=O) groups is 1. The lowest BCUT2D eigenvalue weighted by Gasteiger charge is -2.20. The van der Waals surface area contributed by atoms with Gasteiger partial charge in [-0.15, -0.1) is 0 Å². The number of benzene rings is 2. The Morgan fingerprint density at radius 1 is 1.21 bits per heavy atom. The predicted octanol–water partition coefficient (Wildman–Crippen LogP) is 4.71. The van der Waals surface area contributed by atoms with Gasteiger partial charge in [-0.3, -0.25) is 9.48 Å². The first-order valence-electron chi connectivity index (χ1n) is 13.8. The summed E-state index contributed by atoms with van der Waals surface area (Å²) in [6.07, 6.45) is 2.26. The predicted molar refractivity (Wildman–Crippen MR) is 162 cm³/mol. The third-order valence-electron chi connectivity index (χ3n) is 6.76. The van der Waals surface area contributed by atoms with Gasteiger partial charge >= 0.3 is 5.97 Å². The van der Waals surface area contributed by atoms with Crippen molar-refractivity contribution in [1.29, 1.82) is 5.26 Å². The van der Waals surface area contributed by atoms with Crippen molar-refractivity contribution in [2.24, 2.45) is 5.92 Å². The normalized spacial score (nSPS) is 13.3. The molecular formula is C31H33N5O5S. The fourth-order valence-electron chi connectivity index (χ4n) is 4.51. The first kappa shape index (κ1) is 29.4. The van der Waals surface area contributed by atoms with Gasteiger partial charge in [0, 0.05) is 17.2 Å². The van der Waals surface area contributed by atoms with Gasteiger partial charge in [0.05, 0.1) is 47.4 Å². The van der Waals surface area contributed by atoms with Gasteiger partial charge < -0.3 is 18.8 Å². The Hall–Kier alpha value is -4.14. The Balaban J connectivity index is 1.61. The molecule has 0 N–H and O–H groups in total. The van der Waals surface area contributed by atoms with Gasteiger partial charge in [-0.2, -0.15) is 23.0 Å². The number of hydrogen-bond donors (Lipinski definition) is 1. The highest BCUT2D eigenvalue weighted by Crippen LogP contribution is 2.32. The lowest BCUT2D eigenvalue weighted by Crippen LogP contribution is -2.27. The topological polar surface area (TPSA) is 121 Å². The minimum Gasteiger partial charge on any atom is -0.492 e. The largest absolute Gasteiger partial charge is 0.492 e. The smallest absolute Gasteiger partial charge is 0.340 e. The number of esters is 1. The van der Waals surface area contributed by atoms with Crippen molar-refractivity contribution in [1.82, 2.24) is 19.3 Å². The molecule has 0 unspecified atom stereocenters. The molecule has 2 heterocycles. The number of ether oxygens (including phenoxy) is 3. The van der Waals surface area contributed by atoms with E-state index in [0.717, 1.165) is 18.4 Å². The second kappa shape index (κ2) is 12.0.